The van der Waals surface area contributed by atoms with Gasteiger partial charge in [-0.2, -0.15) is 0 Å². The molecule has 0 spiro atoms. The maximum absolute atomic E-state index is 10.5. The van der Waals surface area contributed by atoms with Gasteiger partial charge in [-0.05, 0) is 30.2 Å². The van der Waals surface area contributed by atoms with Crippen LogP contribution in [0.1, 0.15) is 17.5 Å². The van der Waals surface area contributed by atoms with Crippen LogP contribution in [-0.4, -0.2) is 5.91 Å². The number of hydrogen-bond donors (Lipinski definition) is 3. The normalized spacial score (nSPS) is 10.7. The van der Waals surface area contributed by atoms with Crippen molar-refractivity contribution in [3.05, 3.63) is 29.3 Å². The molecule has 1 aromatic rings. The van der Waals surface area contributed by atoms with E-state index in [1.165, 1.54) is 0 Å². The molecule has 4 heteroatoms. The smallest absolute Gasteiger partial charge is 0.221 e. The Morgan fingerprint density at radius 1 is 1.33 bits per heavy atom. The number of primary amides is 1. The molecule has 15 heavy (non-hydrogen) atoms. The summed E-state index contributed by atoms with van der Waals surface area (Å²) in [5, 5.41) is 0. The van der Waals surface area contributed by atoms with E-state index in [0.29, 0.717) is 11.4 Å². The summed E-state index contributed by atoms with van der Waals surface area (Å²) in [4.78, 5) is 10.5. The van der Waals surface area contributed by atoms with E-state index in [9.17, 15) is 4.79 Å². The second-order valence-corrected chi connectivity index (χ2v) is 3.41. The first-order chi connectivity index (χ1) is 7.00. The fourth-order valence-electron chi connectivity index (χ4n) is 1.25. The number of nitrogen functional groups attached to an aromatic ring is 2. The molecule has 1 aromatic carbocycles. The number of anilines is 2. The molecule has 0 bridgehead atoms. The Morgan fingerprint density at radius 3 is 2.53 bits per heavy atom. The first-order valence-corrected chi connectivity index (χ1v) is 4.61. The summed E-state index contributed by atoms with van der Waals surface area (Å²) in [5.41, 5.74) is 19.4. The zero-order valence-corrected chi connectivity index (χ0v) is 8.66. The van der Waals surface area contributed by atoms with Gasteiger partial charge in [-0.3, -0.25) is 4.79 Å². The lowest BCUT2D eigenvalue weighted by molar-refractivity contribution is -0.117. The molecule has 80 valence electrons. The van der Waals surface area contributed by atoms with Crippen molar-refractivity contribution in [2.45, 2.75) is 13.3 Å². The van der Waals surface area contributed by atoms with E-state index in [2.05, 4.69) is 0 Å². The highest BCUT2D eigenvalue weighted by Gasteiger charge is 1.99. The molecular formula is C11H15N3O. The monoisotopic (exact) mass is 205 g/mol. The van der Waals surface area contributed by atoms with Gasteiger partial charge in [0.05, 0.1) is 11.4 Å². The van der Waals surface area contributed by atoms with Crippen LogP contribution in [0.4, 0.5) is 11.4 Å². The third-order valence-corrected chi connectivity index (χ3v) is 2.09. The van der Waals surface area contributed by atoms with Gasteiger partial charge in [0.25, 0.3) is 0 Å². The predicted molar refractivity (Wildman–Crippen MR) is 62.8 cm³/mol. The van der Waals surface area contributed by atoms with Crippen molar-refractivity contribution in [2.24, 2.45) is 5.73 Å². The Bertz CT molecular complexity index is 411. The van der Waals surface area contributed by atoms with Crippen LogP contribution in [0.15, 0.2) is 18.2 Å². The van der Waals surface area contributed by atoms with Crippen molar-refractivity contribution >= 4 is 23.4 Å². The highest BCUT2D eigenvalue weighted by atomic mass is 16.1. The summed E-state index contributed by atoms with van der Waals surface area (Å²) >= 11 is 0. The number of hydrogen-bond acceptors (Lipinski definition) is 3. The molecule has 6 N–H and O–H groups in total. The largest absolute Gasteiger partial charge is 0.397 e. The Morgan fingerprint density at radius 2 is 1.93 bits per heavy atom. The van der Waals surface area contributed by atoms with Crippen LogP contribution in [0, 0.1) is 6.92 Å². The second kappa shape index (κ2) is 4.50. The van der Waals surface area contributed by atoms with Crippen LogP contribution in [0.25, 0.3) is 6.08 Å². The molecule has 0 aliphatic carbocycles. The van der Waals surface area contributed by atoms with Gasteiger partial charge in [0.2, 0.25) is 5.91 Å². The minimum atomic E-state index is -0.354. The third kappa shape index (κ3) is 3.02. The molecule has 0 saturated carbocycles. The summed E-state index contributed by atoms with van der Waals surface area (Å²) in [6.07, 6.45) is 3.75. The predicted octanol–water partition coefficient (Wildman–Crippen LogP) is 1.05. The Labute approximate surface area is 88.7 Å². The van der Waals surface area contributed by atoms with Crippen molar-refractivity contribution in [1.29, 1.82) is 0 Å². The highest BCUT2D eigenvalue weighted by molar-refractivity contribution is 5.77. The number of carbonyl (C=O) groups excluding carboxylic acids is 1. The van der Waals surface area contributed by atoms with Crippen LogP contribution in [0.5, 0.6) is 0 Å². The molecule has 0 aliphatic heterocycles. The van der Waals surface area contributed by atoms with Crippen molar-refractivity contribution in [3.63, 3.8) is 0 Å². The van der Waals surface area contributed by atoms with E-state index in [1.807, 2.05) is 13.0 Å². The van der Waals surface area contributed by atoms with Crippen molar-refractivity contribution < 1.29 is 4.79 Å². The lowest BCUT2D eigenvalue weighted by Gasteiger charge is -2.05. The van der Waals surface area contributed by atoms with E-state index in [0.717, 1.165) is 11.1 Å². The average molecular weight is 205 g/mol. The van der Waals surface area contributed by atoms with Crippen LogP contribution in [0.3, 0.4) is 0 Å². The molecule has 0 heterocycles. The van der Waals surface area contributed by atoms with E-state index in [4.69, 9.17) is 17.2 Å². The maximum Gasteiger partial charge on any atom is 0.221 e. The van der Waals surface area contributed by atoms with Crippen molar-refractivity contribution in [1.82, 2.24) is 0 Å². The van der Waals surface area contributed by atoms with E-state index >= 15 is 0 Å². The highest BCUT2D eigenvalue weighted by Crippen LogP contribution is 2.21. The van der Waals surface area contributed by atoms with Crippen molar-refractivity contribution in [2.75, 3.05) is 11.5 Å². The van der Waals surface area contributed by atoms with Gasteiger partial charge in [-0.25, -0.2) is 0 Å². The molecular weight excluding hydrogens is 190 g/mol. The van der Waals surface area contributed by atoms with Gasteiger partial charge < -0.3 is 17.2 Å². The number of aryl methyl sites for hydroxylation is 1. The SMILES string of the molecule is Cc1cc(N)c(N)cc1C=CCC(N)=O. The van der Waals surface area contributed by atoms with Crippen LogP contribution >= 0.6 is 0 Å². The summed E-state index contributed by atoms with van der Waals surface area (Å²) < 4.78 is 0. The van der Waals surface area contributed by atoms with Crippen LogP contribution in [-0.2, 0) is 4.79 Å². The van der Waals surface area contributed by atoms with Gasteiger partial charge in [-0.1, -0.05) is 12.2 Å². The fourth-order valence-corrected chi connectivity index (χ4v) is 1.25. The van der Waals surface area contributed by atoms with Gasteiger partial charge in [0, 0.05) is 6.42 Å². The van der Waals surface area contributed by atoms with E-state index in [-0.39, 0.29) is 12.3 Å². The van der Waals surface area contributed by atoms with Gasteiger partial charge in [-0.15, -0.1) is 0 Å². The molecule has 1 amide bonds. The number of benzene rings is 1. The first kappa shape index (κ1) is 11.1. The first-order valence-electron chi connectivity index (χ1n) is 4.61. The molecule has 0 radical (unpaired) electrons. The molecule has 1 rings (SSSR count). The summed E-state index contributed by atoms with van der Waals surface area (Å²) in [5.74, 6) is -0.354. The summed E-state index contributed by atoms with van der Waals surface area (Å²) in [7, 11) is 0. The minimum Gasteiger partial charge on any atom is -0.397 e. The van der Waals surface area contributed by atoms with Crippen molar-refractivity contribution in [3.8, 4) is 0 Å². The van der Waals surface area contributed by atoms with Gasteiger partial charge in [0.1, 0.15) is 0 Å². The quantitative estimate of drug-likeness (QED) is 0.643. The molecule has 0 fully saturated rings. The average Bonchev–Trinajstić information content (AvgIpc) is 2.13. The fraction of sp³-hybridized carbons (Fsp3) is 0.182. The number of nitrogens with two attached hydrogens (primary N) is 3. The number of rotatable bonds is 3. The zero-order valence-electron chi connectivity index (χ0n) is 8.66. The minimum absolute atomic E-state index is 0.226. The molecule has 0 saturated heterocycles. The standard InChI is InChI=1S/C11H15N3O/c1-7-5-9(12)10(13)6-8(7)3-2-4-11(14)15/h2-3,5-6H,4,12-13H2,1H3,(H2,14,15). The van der Waals surface area contributed by atoms with Gasteiger partial charge >= 0.3 is 0 Å². The van der Waals surface area contributed by atoms with Gasteiger partial charge in [0.15, 0.2) is 0 Å². The Kier molecular flexibility index (Phi) is 3.33. The molecule has 0 unspecified atom stereocenters. The molecule has 0 aliphatic rings. The lowest BCUT2D eigenvalue weighted by Crippen LogP contribution is -2.07. The Hall–Kier alpha value is -1.97. The second-order valence-electron chi connectivity index (χ2n) is 3.41. The maximum atomic E-state index is 10.5. The molecule has 4 nitrogen and oxygen atoms in total. The number of amides is 1. The lowest BCUT2D eigenvalue weighted by atomic mass is 10.1. The van der Waals surface area contributed by atoms with Crippen LogP contribution in [0.2, 0.25) is 0 Å². The Balaban J connectivity index is 2.90. The summed E-state index contributed by atoms with van der Waals surface area (Å²) in [6.45, 7) is 1.93. The third-order valence-electron chi connectivity index (χ3n) is 2.09. The molecule has 0 atom stereocenters. The summed E-state index contributed by atoms with van der Waals surface area (Å²) in [6, 6.07) is 3.58. The topological polar surface area (TPSA) is 95.1 Å². The van der Waals surface area contributed by atoms with Crippen LogP contribution < -0.4 is 17.2 Å². The van der Waals surface area contributed by atoms with E-state index in [1.54, 1.807) is 18.2 Å². The zero-order chi connectivity index (χ0) is 11.4. The van der Waals surface area contributed by atoms with E-state index < -0.39 is 0 Å². The molecule has 0 aromatic heterocycles. The number of carbonyl (C=O) groups is 1.